The van der Waals surface area contributed by atoms with Gasteiger partial charge in [0.15, 0.2) is 0 Å². The summed E-state index contributed by atoms with van der Waals surface area (Å²) in [5, 5.41) is 12.0. The van der Waals surface area contributed by atoms with E-state index >= 15 is 0 Å². The van der Waals surface area contributed by atoms with Crippen molar-refractivity contribution in [3.63, 3.8) is 0 Å². The molecule has 1 fully saturated rings. The monoisotopic (exact) mass is 446 g/mol. The van der Waals surface area contributed by atoms with Gasteiger partial charge in [-0.3, -0.25) is 4.79 Å². The number of rotatable bonds is 5. The lowest BCUT2D eigenvalue weighted by Crippen LogP contribution is -2.29. The highest BCUT2D eigenvalue weighted by molar-refractivity contribution is 6.43. The lowest BCUT2D eigenvalue weighted by atomic mass is 10.1. The Balaban J connectivity index is 1.82. The molecule has 1 amide bonds. The number of allylic oxidation sites excluding steroid dienone is 2. The maximum Gasteiger partial charge on any atom is 0.258 e. The molecule has 3 rings (SSSR count). The van der Waals surface area contributed by atoms with E-state index in [2.05, 4.69) is 10.3 Å². The van der Waals surface area contributed by atoms with Crippen molar-refractivity contribution in [3.05, 3.63) is 63.6 Å². The summed E-state index contributed by atoms with van der Waals surface area (Å²) in [6.45, 7) is 4.02. The van der Waals surface area contributed by atoms with Crippen molar-refractivity contribution in [2.75, 3.05) is 19.7 Å². The van der Waals surface area contributed by atoms with Crippen molar-refractivity contribution < 1.29 is 13.9 Å². The third-order valence-electron chi connectivity index (χ3n) is 4.90. The van der Waals surface area contributed by atoms with Gasteiger partial charge in [0, 0.05) is 35.7 Å². The number of nitrogens with one attached hydrogen (secondary N) is 2. The summed E-state index contributed by atoms with van der Waals surface area (Å²) in [6.07, 6.45) is 1.60. The maximum absolute atomic E-state index is 13.8. The Hall–Kier alpha value is -3.33. The zero-order valence-electron chi connectivity index (χ0n) is 17.3. The van der Waals surface area contributed by atoms with Crippen LogP contribution in [0.5, 0.6) is 5.75 Å². The molecule has 8 nitrogen and oxygen atoms in total. The van der Waals surface area contributed by atoms with E-state index in [1.165, 1.54) is 23.2 Å². The molecule has 2 aliphatic heterocycles. The van der Waals surface area contributed by atoms with Crippen molar-refractivity contribution in [2.45, 2.75) is 20.3 Å². The van der Waals surface area contributed by atoms with E-state index in [9.17, 15) is 9.18 Å². The van der Waals surface area contributed by atoms with Crippen LogP contribution in [0.15, 0.2) is 57.2 Å². The van der Waals surface area contributed by atoms with Crippen molar-refractivity contribution in [3.8, 4) is 5.75 Å². The molecule has 0 atom stereocenters. The van der Waals surface area contributed by atoms with Gasteiger partial charge >= 0.3 is 0 Å². The van der Waals surface area contributed by atoms with E-state index in [4.69, 9.17) is 33.2 Å². The quantitative estimate of drug-likeness (QED) is 0.552. The molecule has 1 aromatic carbocycles. The summed E-state index contributed by atoms with van der Waals surface area (Å²) in [6, 6.07) is 3.72. The van der Waals surface area contributed by atoms with Crippen LogP contribution in [0.4, 0.5) is 4.39 Å². The van der Waals surface area contributed by atoms with Crippen LogP contribution in [0.3, 0.4) is 0 Å². The second-order valence-corrected chi connectivity index (χ2v) is 7.59. The number of hydrogen-bond donors (Lipinski definition) is 4. The van der Waals surface area contributed by atoms with Crippen molar-refractivity contribution in [2.24, 2.45) is 16.5 Å². The molecule has 10 heteroatoms. The van der Waals surface area contributed by atoms with Crippen molar-refractivity contribution >= 4 is 28.9 Å². The van der Waals surface area contributed by atoms with Crippen molar-refractivity contribution in [1.82, 2.24) is 10.2 Å². The Labute approximate surface area is 184 Å². The summed E-state index contributed by atoms with van der Waals surface area (Å²) in [5.41, 5.74) is 13.8. The van der Waals surface area contributed by atoms with Gasteiger partial charge in [0.1, 0.15) is 17.4 Å². The first-order chi connectivity index (χ1) is 14.7. The van der Waals surface area contributed by atoms with Gasteiger partial charge in [0.05, 0.1) is 41.7 Å². The molecule has 31 heavy (non-hydrogen) atoms. The average molecular weight is 447 g/mol. The Bertz CT molecular complexity index is 1060. The zero-order valence-corrected chi connectivity index (χ0v) is 18.0. The minimum absolute atomic E-state index is 0.101. The van der Waals surface area contributed by atoms with Gasteiger partial charge in [-0.25, -0.2) is 9.38 Å². The highest BCUT2D eigenvalue weighted by Crippen LogP contribution is 2.27. The summed E-state index contributed by atoms with van der Waals surface area (Å²) in [4.78, 5) is 19.1. The molecule has 0 spiro atoms. The lowest BCUT2D eigenvalue weighted by Gasteiger charge is -2.19. The number of nitrogens with two attached hydrogens (primary N) is 2. The Morgan fingerprint density at radius 2 is 2.16 bits per heavy atom. The predicted octanol–water partition coefficient (Wildman–Crippen LogP) is 2.57. The van der Waals surface area contributed by atoms with E-state index in [1.807, 2.05) is 6.92 Å². The molecule has 0 aliphatic carbocycles. The third kappa shape index (κ3) is 4.88. The molecule has 0 radical (unpaired) electrons. The molecular formula is C21H24ClFN6O2. The molecule has 0 bridgehead atoms. The number of ether oxygens (including phenoxy) is 1. The predicted molar refractivity (Wildman–Crippen MR) is 118 cm³/mol. The third-order valence-corrected chi connectivity index (χ3v) is 5.46. The smallest absolute Gasteiger partial charge is 0.258 e. The van der Waals surface area contributed by atoms with Gasteiger partial charge in [0.25, 0.3) is 5.91 Å². The van der Waals surface area contributed by atoms with Gasteiger partial charge in [0.2, 0.25) is 0 Å². The van der Waals surface area contributed by atoms with Crippen LogP contribution < -0.4 is 21.5 Å². The average Bonchev–Trinajstić information content (AvgIpc) is 3.12. The maximum atomic E-state index is 13.8. The normalized spacial score (nSPS) is 19.5. The number of benzene rings is 1. The molecule has 6 N–H and O–H groups in total. The fourth-order valence-electron chi connectivity index (χ4n) is 3.21. The second kappa shape index (κ2) is 9.22. The topological polar surface area (TPSA) is 130 Å². The molecule has 0 aromatic heterocycles. The fraction of sp³-hybridized carbons (Fsp3) is 0.286. The number of hydrogen-bond acceptors (Lipinski definition) is 7. The standard InChI is InChI=1S/C21H24ClFN6O2/c1-11-19(22)12(2)28-20(27-11)16-9-29(10-17(16)26)21(30)15-4-3-13(23)7-18(15)31-6-5-14(25)8-24/h3-4,7-8,26-27H,5-6,9-10,24-25H2,1-2H3/b14-8-,20-16+,26-17?. The highest BCUT2D eigenvalue weighted by atomic mass is 35.5. The van der Waals surface area contributed by atoms with Gasteiger partial charge < -0.3 is 31.8 Å². The first-order valence-electron chi connectivity index (χ1n) is 9.59. The molecule has 2 heterocycles. The molecule has 0 saturated carbocycles. The van der Waals surface area contributed by atoms with E-state index in [0.29, 0.717) is 34.3 Å². The largest absolute Gasteiger partial charge is 0.492 e. The molecule has 1 aromatic rings. The number of aliphatic imine (C=N–C) groups is 1. The zero-order chi connectivity index (χ0) is 22.7. The number of carbonyl (C=O) groups excluding carboxylic acids is 1. The Morgan fingerprint density at radius 3 is 2.84 bits per heavy atom. The Morgan fingerprint density at radius 1 is 1.42 bits per heavy atom. The summed E-state index contributed by atoms with van der Waals surface area (Å²) >= 11 is 6.17. The second-order valence-electron chi connectivity index (χ2n) is 7.21. The summed E-state index contributed by atoms with van der Waals surface area (Å²) in [5.74, 6) is -0.294. The van der Waals surface area contributed by atoms with Crippen LogP contribution >= 0.6 is 11.6 Å². The summed E-state index contributed by atoms with van der Waals surface area (Å²) < 4.78 is 19.4. The van der Waals surface area contributed by atoms with Crippen LogP contribution in [-0.2, 0) is 0 Å². The van der Waals surface area contributed by atoms with Gasteiger partial charge in [-0.2, -0.15) is 0 Å². The number of amides is 1. The van der Waals surface area contributed by atoms with Crippen LogP contribution in [-0.4, -0.2) is 41.9 Å². The minimum atomic E-state index is -0.527. The van der Waals surface area contributed by atoms with E-state index < -0.39 is 5.82 Å². The van der Waals surface area contributed by atoms with Crippen LogP contribution in [0.1, 0.15) is 30.6 Å². The number of carbonyl (C=O) groups is 1. The number of halogens is 2. The Kier molecular flexibility index (Phi) is 6.65. The van der Waals surface area contributed by atoms with E-state index in [1.54, 1.807) is 6.92 Å². The lowest BCUT2D eigenvalue weighted by molar-refractivity contribution is 0.0799. The van der Waals surface area contributed by atoms with Gasteiger partial charge in [-0.05, 0) is 26.0 Å². The van der Waals surface area contributed by atoms with Gasteiger partial charge in [-0.15, -0.1) is 0 Å². The highest BCUT2D eigenvalue weighted by Gasteiger charge is 2.32. The van der Waals surface area contributed by atoms with E-state index in [0.717, 1.165) is 11.8 Å². The first-order valence-corrected chi connectivity index (χ1v) is 9.97. The summed E-state index contributed by atoms with van der Waals surface area (Å²) in [7, 11) is 0. The minimum Gasteiger partial charge on any atom is -0.492 e. The van der Waals surface area contributed by atoms with Crippen molar-refractivity contribution in [1.29, 1.82) is 5.41 Å². The van der Waals surface area contributed by atoms with Crippen LogP contribution in [0.2, 0.25) is 0 Å². The molecular weight excluding hydrogens is 423 g/mol. The van der Waals surface area contributed by atoms with Crippen LogP contribution in [0.25, 0.3) is 0 Å². The molecule has 2 aliphatic rings. The molecule has 164 valence electrons. The first kappa shape index (κ1) is 22.4. The molecule has 0 unspecified atom stereocenters. The SMILES string of the molecule is CC1=N/C(=C2\CN(C(=O)c3ccc(F)cc3OCC/C(N)=C/N)CC2=N)NC(C)=C1Cl. The fourth-order valence-corrected chi connectivity index (χ4v) is 3.30. The number of nitrogens with zero attached hydrogens (tertiary/aromatic N) is 2. The van der Waals surface area contributed by atoms with Crippen LogP contribution in [0, 0.1) is 11.2 Å². The van der Waals surface area contributed by atoms with E-state index in [-0.39, 0.29) is 42.6 Å². The molecule has 1 saturated heterocycles. The number of likely N-dealkylation sites (tertiary alicyclic amines) is 1. The van der Waals surface area contributed by atoms with Gasteiger partial charge in [-0.1, -0.05) is 11.6 Å².